The number of halogens is 2. The molecule has 2 aromatic heterocycles. The molecule has 0 amide bonds. The number of pyridine rings is 1. The van der Waals surface area contributed by atoms with Gasteiger partial charge in [0.2, 0.25) is 5.95 Å². The van der Waals surface area contributed by atoms with Crippen LogP contribution in [0, 0.1) is 5.82 Å². The Balaban J connectivity index is 2.04. The van der Waals surface area contributed by atoms with E-state index in [2.05, 4.69) is 26.0 Å². The molecule has 2 N–H and O–H groups in total. The minimum absolute atomic E-state index is 0.0253. The summed E-state index contributed by atoms with van der Waals surface area (Å²) in [5, 5.41) is 4.96. The Hall–Kier alpha value is -3.20. The third-order valence-corrected chi connectivity index (χ3v) is 4.80. The molecule has 9 heteroatoms. The van der Waals surface area contributed by atoms with E-state index in [1.165, 1.54) is 23.8 Å². The number of nitrogens with zero attached hydrogens (tertiary/aromatic N) is 3. The summed E-state index contributed by atoms with van der Waals surface area (Å²) in [5.74, 6) is -1.12. The Morgan fingerprint density at radius 3 is 2.75 bits per heavy atom. The molecule has 142 valence electrons. The topological polar surface area (TPSA) is 91.7 Å². The van der Waals surface area contributed by atoms with Crippen LogP contribution in [0.25, 0.3) is 16.4 Å². The standard InChI is InChI=1S/C19H14BrFN4O3/c1-27-18(26)15-16(28-9-10-5-3-2-4-6-10)12-7-11(21)8-13(20)14(12)17-23-19(22)24-25(15)17/h2-8H,9H2,1H3,(H2,22,24). The molecule has 0 saturated carbocycles. The molecule has 0 bridgehead atoms. The lowest BCUT2D eigenvalue weighted by atomic mass is 10.1. The molecule has 0 atom stereocenters. The maximum Gasteiger partial charge on any atom is 0.360 e. The van der Waals surface area contributed by atoms with Gasteiger partial charge in [-0.3, -0.25) is 0 Å². The predicted molar refractivity (Wildman–Crippen MR) is 105 cm³/mol. The highest BCUT2D eigenvalue weighted by Crippen LogP contribution is 2.38. The van der Waals surface area contributed by atoms with Crippen molar-refractivity contribution in [3.05, 3.63) is 64.0 Å². The number of benzene rings is 2. The van der Waals surface area contributed by atoms with Gasteiger partial charge in [-0.2, -0.15) is 9.50 Å². The summed E-state index contributed by atoms with van der Waals surface area (Å²) >= 11 is 3.35. The first kappa shape index (κ1) is 18.2. The zero-order valence-electron chi connectivity index (χ0n) is 14.6. The van der Waals surface area contributed by atoms with E-state index in [-0.39, 0.29) is 29.6 Å². The van der Waals surface area contributed by atoms with Crippen LogP contribution in [0.2, 0.25) is 0 Å². The molecule has 0 saturated heterocycles. The molecule has 0 unspecified atom stereocenters. The van der Waals surface area contributed by atoms with Crippen LogP contribution >= 0.6 is 15.9 Å². The molecule has 2 aromatic carbocycles. The van der Waals surface area contributed by atoms with Crippen molar-refractivity contribution < 1.29 is 18.7 Å². The Kier molecular flexibility index (Phi) is 4.60. The van der Waals surface area contributed by atoms with E-state index < -0.39 is 11.8 Å². The molecule has 4 rings (SSSR count). The van der Waals surface area contributed by atoms with Crippen LogP contribution in [0.5, 0.6) is 5.75 Å². The van der Waals surface area contributed by atoms with Crippen molar-refractivity contribution in [2.24, 2.45) is 0 Å². The van der Waals surface area contributed by atoms with Crippen molar-refractivity contribution in [1.82, 2.24) is 14.6 Å². The van der Waals surface area contributed by atoms with Gasteiger partial charge in [-0.15, -0.1) is 5.10 Å². The van der Waals surface area contributed by atoms with Gasteiger partial charge in [-0.1, -0.05) is 30.3 Å². The smallest absolute Gasteiger partial charge is 0.360 e. The summed E-state index contributed by atoms with van der Waals surface area (Å²) in [7, 11) is 1.24. The lowest BCUT2D eigenvalue weighted by Gasteiger charge is -2.15. The predicted octanol–water partition coefficient (Wildman–Crippen LogP) is 3.73. The minimum Gasteiger partial charge on any atom is -0.486 e. The second-order valence-electron chi connectivity index (χ2n) is 5.96. The Bertz CT molecular complexity index is 1210. The van der Waals surface area contributed by atoms with Gasteiger partial charge in [-0.25, -0.2) is 9.18 Å². The van der Waals surface area contributed by atoms with Crippen molar-refractivity contribution in [3.8, 4) is 5.75 Å². The average molecular weight is 445 g/mol. The van der Waals surface area contributed by atoms with Crippen molar-refractivity contribution in [2.75, 3.05) is 12.8 Å². The van der Waals surface area contributed by atoms with Gasteiger partial charge >= 0.3 is 5.97 Å². The zero-order chi connectivity index (χ0) is 19.8. The zero-order valence-corrected chi connectivity index (χ0v) is 16.2. The van der Waals surface area contributed by atoms with Crippen molar-refractivity contribution in [1.29, 1.82) is 0 Å². The van der Waals surface area contributed by atoms with Crippen LogP contribution in [0.15, 0.2) is 46.9 Å². The second-order valence-corrected chi connectivity index (χ2v) is 6.81. The molecule has 0 fully saturated rings. The normalized spacial score (nSPS) is 11.1. The van der Waals surface area contributed by atoms with Crippen LogP contribution in [-0.4, -0.2) is 27.7 Å². The minimum atomic E-state index is -0.708. The monoisotopic (exact) mass is 444 g/mol. The fourth-order valence-electron chi connectivity index (χ4n) is 3.00. The number of nitrogens with two attached hydrogens (primary N) is 1. The van der Waals surface area contributed by atoms with Crippen LogP contribution in [0.4, 0.5) is 10.3 Å². The maximum atomic E-state index is 14.2. The van der Waals surface area contributed by atoms with Gasteiger partial charge in [-0.05, 0) is 33.6 Å². The summed E-state index contributed by atoms with van der Waals surface area (Å²) in [5.41, 5.74) is 6.90. The number of carbonyl (C=O) groups is 1. The van der Waals surface area contributed by atoms with E-state index in [4.69, 9.17) is 15.2 Å². The molecule has 2 heterocycles. The quantitative estimate of drug-likeness (QED) is 0.482. The third kappa shape index (κ3) is 3.03. The van der Waals surface area contributed by atoms with E-state index in [1.807, 2.05) is 30.3 Å². The van der Waals surface area contributed by atoms with Crippen LogP contribution in [0.1, 0.15) is 16.1 Å². The molecule has 4 aromatic rings. The highest BCUT2D eigenvalue weighted by atomic mass is 79.9. The van der Waals surface area contributed by atoms with Crippen LogP contribution < -0.4 is 10.5 Å². The van der Waals surface area contributed by atoms with Gasteiger partial charge in [0.25, 0.3) is 0 Å². The largest absolute Gasteiger partial charge is 0.486 e. The first-order valence-corrected chi connectivity index (χ1v) is 9.01. The summed E-state index contributed by atoms with van der Waals surface area (Å²) in [6.45, 7) is 0.157. The number of aromatic nitrogens is 3. The number of carbonyl (C=O) groups excluding carboxylic acids is 1. The molecular formula is C19H14BrFN4O3. The van der Waals surface area contributed by atoms with Crippen LogP contribution in [0.3, 0.4) is 0 Å². The van der Waals surface area contributed by atoms with E-state index in [9.17, 15) is 9.18 Å². The summed E-state index contributed by atoms with van der Waals surface area (Å²) in [4.78, 5) is 16.7. The van der Waals surface area contributed by atoms with Gasteiger partial charge in [0.1, 0.15) is 12.4 Å². The molecule has 0 aliphatic heterocycles. The number of ether oxygens (including phenoxy) is 2. The summed E-state index contributed by atoms with van der Waals surface area (Å²) < 4.78 is 26.8. The average Bonchev–Trinajstić information content (AvgIpc) is 3.06. The van der Waals surface area contributed by atoms with Crippen molar-refractivity contribution in [2.45, 2.75) is 6.61 Å². The number of anilines is 1. The molecule has 0 aliphatic carbocycles. The maximum absolute atomic E-state index is 14.2. The number of esters is 1. The third-order valence-electron chi connectivity index (χ3n) is 4.18. The Labute approximate surface area is 167 Å². The highest BCUT2D eigenvalue weighted by molar-refractivity contribution is 9.10. The number of methoxy groups -OCH3 is 1. The molecule has 7 nitrogen and oxygen atoms in total. The summed E-state index contributed by atoms with van der Waals surface area (Å²) in [6, 6.07) is 12.0. The summed E-state index contributed by atoms with van der Waals surface area (Å²) in [6.07, 6.45) is 0. The molecular weight excluding hydrogens is 431 g/mol. The van der Waals surface area contributed by atoms with E-state index in [0.29, 0.717) is 15.2 Å². The van der Waals surface area contributed by atoms with Crippen LogP contribution in [-0.2, 0) is 11.3 Å². The molecule has 0 aliphatic rings. The second kappa shape index (κ2) is 7.08. The van der Waals surface area contributed by atoms with Gasteiger partial charge in [0.05, 0.1) is 7.11 Å². The van der Waals surface area contributed by atoms with Crippen molar-refractivity contribution >= 4 is 44.3 Å². The lowest BCUT2D eigenvalue weighted by Crippen LogP contribution is -2.13. The highest BCUT2D eigenvalue weighted by Gasteiger charge is 2.26. The first-order valence-electron chi connectivity index (χ1n) is 8.21. The fraction of sp³-hybridized carbons (Fsp3) is 0.105. The van der Waals surface area contributed by atoms with Gasteiger partial charge < -0.3 is 15.2 Å². The van der Waals surface area contributed by atoms with Crippen molar-refractivity contribution in [3.63, 3.8) is 0 Å². The Morgan fingerprint density at radius 2 is 2.04 bits per heavy atom. The molecule has 0 spiro atoms. The number of fused-ring (bicyclic) bond motifs is 3. The number of rotatable bonds is 4. The number of hydrogen-bond donors (Lipinski definition) is 1. The van der Waals surface area contributed by atoms with Gasteiger partial charge in [0.15, 0.2) is 17.1 Å². The number of nitrogen functional groups attached to an aromatic ring is 1. The van der Waals surface area contributed by atoms with Gasteiger partial charge in [0, 0.05) is 15.2 Å². The first-order chi connectivity index (χ1) is 13.5. The van der Waals surface area contributed by atoms with E-state index in [1.54, 1.807) is 0 Å². The SMILES string of the molecule is COC(=O)c1c(OCc2ccccc2)c2cc(F)cc(Br)c2c2nc(N)nn12. The van der Waals surface area contributed by atoms with E-state index >= 15 is 0 Å². The fourth-order valence-corrected chi connectivity index (χ4v) is 3.61. The Morgan fingerprint density at radius 1 is 1.29 bits per heavy atom. The number of hydrogen-bond acceptors (Lipinski definition) is 6. The molecule has 28 heavy (non-hydrogen) atoms. The lowest BCUT2D eigenvalue weighted by molar-refractivity contribution is 0.0585. The molecule has 0 radical (unpaired) electrons. The van der Waals surface area contributed by atoms with E-state index in [0.717, 1.165) is 5.56 Å².